The third-order valence-electron chi connectivity index (χ3n) is 10.5. The van der Waals surface area contributed by atoms with Crippen LogP contribution in [0.5, 0.6) is 0 Å². The van der Waals surface area contributed by atoms with Crippen LogP contribution in [0.4, 0.5) is 0 Å². The van der Waals surface area contributed by atoms with Crippen LogP contribution in [0.15, 0.2) is 91.0 Å². The Kier molecular flexibility index (Phi) is 17.9. The summed E-state index contributed by atoms with van der Waals surface area (Å²) in [6, 6.07) is 25.2. The van der Waals surface area contributed by atoms with Crippen molar-refractivity contribution in [1.82, 2.24) is 0 Å². The Hall–Kier alpha value is -3.85. The van der Waals surface area contributed by atoms with Gasteiger partial charge in [0.25, 0.3) is 0 Å². The molecule has 8 atom stereocenters. The molecular weight excluding hydrogens is 680 g/mol. The molecule has 3 aromatic rings. The van der Waals surface area contributed by atoms with Gasteiger partial charge in [0, 0.05) is 5.56 Å². The van der Waals surface area contributed by atoms with E-state index in [0.717, 1.165) is 24.7 Å². The SMILES string of the molecule is CC(C)CCCC(C)CCCC(C)CCCC(C)CCO[C@H]1OC(C(=O)c2ccccc2)[C@@H](O)[C@@H](OC(=O)c2ccccc2)[C@H]1OC(=O)c1ccccc1. The topological polar surface area (TPSA) is 108 Å². The monoisotopic (exact) mass is 742 g/mol. The lowest BCUT2D eigenvalue weighted by molar-refractivity contribution is -0.284. The minimum absolute atomic E-state index is 0.238. The first-order valence-electron chi connectivity index (χ1n) is 20.1. The lowest BCUT2D eigenvalue weighted by atomic mass is 9.91. The first-order valence-corrected chi connectivity index (χ1v) is 20.1. The van der Waals surface area contributed by atoms with Crippen molar-refractivity contribution in [3.8, 4) is 0 Å². The Bertz CT molecular complexity index is 1530. The number of esters is 2. The number of hydrogen-bond donors (Lipinski definition) is 1. The van der Waals surface area contributed by atoms with Crippen molar-refractivity contribution < 1.29 is 38.4 Å². The molecule has 0 bridgehead atoms. The second kappa shape index (κ2) is 22.5. The molecule has 1 fully saturated rings. The van der Waals surface area contributed by atoms with Crippen LogP contribution in [-0.4, -0.2) is 60.1 Å². The average Bonchev–Trinajstić information content (AvgIpc) is 3.17. The summed E-state index contributed by atoms with van der Waals surface area (Å²) in [5.74, 6) is 0.668. The molecule has 4 rings (SSSR count). The zero-order valence-electron chi connectivity index (χ0n) is 32.9. The summed E-state index contributed by atoms with van der Waals surface area (Å²) in [5.41, 5.74) is 0.815. The molecule has 294 valence electrons. The van der Waals surface area contributed by atoms with E-state index in [1.165, 1.54) is 44.9 Å². The Morgan fingerprint density at radius 3 is 1.44 bits per heavy atom. The summed E-state index contributed by atoms with van der Waals surface area (Å²) in [7, 11) is 0. The van der Waals surface area contributed by atoms with E-state index in [1.807, 2.05) is 0 Å². The van der Waals surface area contributed by atoms with Crippen LogP contribution >= 0.6 is 0 Å². The van der Waals surface area contributed by atoms with E-state index in [9.17, 15) is 19.5 Å². The zero-order valence-corrected chi connectivity index (χ0v) is 32.9. The van der Waals surface area contributed by atoms with Crippen LogP contribution in [0.2, 0.25) is 0 Å². The number of ketones is 1. The Labute approximate surface area is 322 Å². The Morgan fingerprint density at radius 1 is 0.574 bits per heavy atom. The number of carbonyl (C=O) groups is 3. The number of aliphatic hydroxyl groups excluding tert-OH is 1. The van der Waals surface area contributed by atoms with Gasteiger partial charge in [0.15, 0.2) is 30.4 Å². The van der Waals surface area contributed by atoms with Crippen LogP contribution in [0.1, 0.15) is 130 Å². The largest absolute Gasteiger partial charge is 0.452 e. The highest BCUT2D eigenvalue weighted by Gasteiger charge is 2.53. The zero-order chi connectivity index (χ0) is 38.9. The van der Waals surface area contributed by atoms with Gasteiger partial charge in [-0.1, -0.05) is 159 Å². The summed E-state index contributed by atoms with van der Waals surface area (Å²) >= 11 is 0. The number of carbonyl (C=O) groups excluding carboxylic acids is 3. The molecule has 0 saturated carbocycles. The van der Waals surface area contributed by atoms with Gasteiger partial charge in [0.1, 0.15) is 6.10 Å². The van der Waals surface area contributed by atoms with Crippen molar-refractivity contribution in [1.29, 1.82) is 0 Å². The van der Waals surface area contributed by atoms with Crippen molar-refractivity contribution in [2.45, 2.75) is 130 Å². The highest BCUT2D eigenvalue weighted by atomic mass is 16.7. The molecule has 0 radical (unpaired) electrons. The van der Waals surface area contributed by atoms with E-state index in [2.05, 4.69) is 34.6 Å². The van der Waals surface area contributed by atoms with Gasteiger partial charge in [-0.3, -0.25) is 4.79 Å². The minimum Gasteiger partial charge on any atom is -0.452 e. The van der Waals surface area contributed by atoms with Crippen LogP contribution in [0.25, 0.3) is 0 Å². The number of hydrogen-bond acceptors (Lipinski definition) is 8. The number of aliphatic hydroxyl groups is 1. The second-order valence-electron chi connectivity index (χ2n) is 15.8. The number of rotatable bonds is 22. The van der Waals surface area contributed by atoms with Gasteiger partial charge in [0.2, 0.25) is 0 Å². The van der Waals surface area contributed by atoms with E-state index in [0.29, 0.717) is 23.8 Å². The van der Waals surface area contributed by atoms with Gasteiger partial charge >= 0.3 is 11.9 Å². The van der Waals surface area contributed by atoms with Crippen molar-refractivity contribution in [3.05, 3.63) is 108 Å². The van der Waals surface area contributed by atoms with Gasteiger partial charge in [-0.05, 0) is 54.4 Å². The maximum Gasteiger partial charge on any atom is 0.338 e. The fraction of sp³-hybridized carbons (Fsp3) is 0.543. The number of Topliss-reactive ketones (excluding diaryl/α,β-unsaturated/α-hetero) is 1. The molecule has 1 aliphatic heterocycles. The van der Waals surface area contributed by atoms with E-state index in [-0.39, 0.29) is 17.7 Å². The van der Waals surface area contributed by atoms with E-state index in [4.69, 9.17) is 18.9 Å². The first kappa shape index (κ1) is 42.9. The molecule has 0 amide bonds. The van der Waals surface area contributed by atoms with E-state index >= 15 is 0 Å². The van der Waals surface area contributed by atoms with Crippen molar-refractivity contribution >= 4 is 17.7 Å². The van der Waals surface area contributed by atoms with Crippen LogP contribution in [0.3, 0.4) is 0 Å². The lowest BCUT2D eigenvalue weighted by Gasteiger charge is -2.42. The fourth-order valence-electron chi connectivity index (χ4n) is 7.06. The predicted octanol–water partition coefficient (Wildman–Crippen LogP) is 9.89. The molecule has 1 saturated heterocycles. The summed E-state index contributed by atoms with van der Waals surface area (Å²) in [6.45, 7) is 11.8. The van der Waals surface area contributed by atoms with Gasteiger partial charge in [-0.25, -0.2) is 9.59 Å². The molecule has 0 aromatic heterocycles. The molecule has 8 nitrogen and oxygen atoms in total. The molecule has 1 heterocycles. The molecule has 4 unspecified atom stereocenters. The summed E-state index contributed by atoms with van der Waals surface area (Å²) in [5, 5.41) is 11.6. The molecule has 0 spiro atoms. The maximum absolute atomic E-state index is 13.7. The number of benzene rings is 3. The molecule has 8 heteroatoms. The standard InChI is InChI=1S/C46H62O8/c1-32(2)18-15-19-33(3)20-16-21-34(4)22-17-23-35(5)30-31-51-46-43(53-45(50)38-28-13-8-14-29-38)42(52-44(49)37-26-11-7-12-27-37)40(48)41(54-46)39(47)36-24-9-6-10-25-36/h6-14,24-29,32-35,40-43,46,48H,15-23,30-31H2,1-5H3/t33?,34?,35?,40-,41?,42-,43-,46+/m1/s1. The van der Waals surface area contributed by atoms with Gasteiger partial charge in [-0.15, -0.1) is 0 Å². The minimum atomic E-state index is -1.66. The van der Waals surface area contributed by atoms with E-state index < -0.39 is 48.4 Å². The lowest BCUT2D eigenvalue weighted by Crippen LogP contribution is -2.62. The Morgan fingerprint density at radius 2 is 0.981 bits per heavy atom. The summed E-state index contributed by atoms with van der Waals surface area (Å²) in [4.78, 5) is 40.5. The molecule has 1 N–H and O–H groups in total. The van der Waals surface area contributed by atoms with E-state index in [1.54, 1.807) is 91.0 Å². The molecule has 1 aliphatic rings. The first-order chi connectivity index (χ1) is 26.0. The van der Waals surface area contributed by atoms with Crippen molar-refractivity contribution in [2.75, 3.05) is 6.61 Å². The maximum atomic E-state index is 13.7. The third-order valence-corrected chi connectivity index (χ3v) is 10.5. The second-order valence-corrected chi connectivity index (χ2v) is 15.8. The smallest absolute Gasteiger partial charge is 0.338 e. The highest BCUT2D eigenvalue weighted by molar-refractivity contribution is 6.00. The third kappa shape index (κ3) is 13.8. The van der Waals surface area contributed by atoms with Crippen LogP contribution in [-0.2, 0) is 18.9 Å². The van der Waals surface area contributed by atoms with Crippen molar-refractivity contribution in [3.63, 3.8) is 0 Å². The van der Waals surface area contributed by atoms with Crippen molar-refractivity contribution in [2.24, 2.45) is 23.7 Å². The highest BCUT2D eigenvalue weighted by Crippen LogP contribution is 2.31. The molecular formula is C46H62O8. The Balaban J connectivity index is 1.40. The normalized spacial score (nSPS) is 21.6. The fourth-order valence-corrected chi connectivity index (χ4v) is 7.06. The molecule has 54 heavy (non-hydrogen) atoms. The van der Waals surface area contributed by atoms with Gasteiger partial charge < -0.3 is 24.1 Å². The number of ether oxygens (including phenoxy) is 4. The van der Waals surface area contributed by atoms with Crippen LogP contribution < -0.4 is 0 Å². The predicted molar refractivity (Wildman–Crippen MR) is 211 cm³/mol. The summed E-state index contributed by atoms with van der Waals surface area (Å²) in [6.07, 6.45) is 4.66. The molecule has 0 aliphatic carbocycles. The van der Waals surface area contributed by atoms with Crippen LogP contribution in [0, 0.1) is 23.7 Å². The van der Waals surface area contributed by atoms with Gasteiger partial charge in [-0.2, -0.15) is 0 Å². The summed E-state index contributed by atoms with van der Waals surface area (Å²) < 4.78 is 24.3. The van der Waals surface area contributed by atoms with Gasteiger partial charge in [0.05, 0.1) is 17.7 Å². The average molecular weight is 743 g/mol. The molecule has 3 aromatic carbocycles. The quantitative estimate of drug-likeness (QED) is 0.0801.